The van der Waals surface area contributed by atoms with E-state index >= 15 is 0 Å². The summed E-state index contributed by atoms with van der Waals surface area (Å²) in [6.07, 6.45) is 2.08. The fourth-order valence-electron chi connectivity index (χ4n) is 3.19. The van der Waals surface area contributed by atoms with E-state index in [4.69, 9.17) is 4.74 Å². The van der Waals surface area contributed by atoms with E-state index in [0.717, 1.165) is 24.5 Å². The van der Waals surface area contributed by atoms with E-state index in [2.05, 4.69) is 15.2 Å². The van der Waals surface area contributed by atoms with Gasteiger partial charge in [-0.2, -0.15) is 0 Å². The van der Waals surface area contributed by atoms with Gasteiger partial charge < -0.3 is 19.9 Å². The second-order valence-corrected chi connectivity index (χ2v) is 6.69. The number of hydrogen-bond acceptors (Lipinski definition) is 5. The molecule has 0 spiro atoms. The van der Waals surface area contributed by atoms with Gasteiger partial charge in [-0.15, -0.1) is 0 Å². The zero-order valence-electron chi connectivity index (χ0n) is 16.1. The van der Waals surface area contributed by atoms with Gasteiger partial charge in [-0.1, -0.05) is 18.2 Å². The van der Waals surface area contributed by atoms with Crippen LogP contribution >= 0.6 is 0 Å². The molecule has 1 aromatic carbocycles. The van der Waals surface area contributed by atoms with Gasteiger partial charge in [-0.25, -0.2) is 4.98 Å². The van der Waals surface area contributed by atoms with E-state index in [1.54, 1.807) is 25.4 Å². The van der Waals surface area contributed by atoms with E-state index < -0.39 is 0 Å². The second-order valence-electron chi connectivity index (χ2n) is 6.69. The Balaban J connectivity index is 1.39. The van der Waals surface area contributed by atoms with E-state index in [1.807, 2.05) is 35.2 Å². The Morgan fingerprint density at radius 3 is 2.46 bits per heavy atom. The molecule has 2 aromatic rings. The van der Waals surface area contributed by atoms with Crippen molar-refractivity contribution >= 4 is 17.6 Å². The summed E-state index contributed by atoms with van der Waals surface area (Å²) in [5.41, 5.74) is 1.59. The van der Waals surface area contributed by atoms with Crippen LogP contribution in [0.5, 0.6) is 0 Å². The molecular weight excluding hydrogens is 356 g/mol. The summed E-state index contributed by atoms with van der Waals surface area (Å²) in [7, 11) is 1.63. The van der Waals surface area contributed by atoms with Crippen LogP contribution in [0.25, 0.3) is 0 Å². The summed E-state index contributed by atoms with van der Waals surface area (Å²) in [5, 5.41) is 2.82. The fraction of sp³-hybridized carbons (Fsp3) is 0.381. The number of carbonyl (C=O) groups is 2. The molecule has 0 bridgehead atoms. The summed E-state index contributed by atoms with van der Waals surface area (Å²) >= 11 is 0. The highest BCUT2D eigenvalue weighted by Crippen LogP contribution is 2.13. The molecule has 2 heterocycles. The summed E-state index contributed by atoms with van der Waals surface area (Å²) < 4.78 is 5.06. The number of carbonyl (C=O) groups excluding carboxylic acids is 2. The Hall–Kier alpha value is -2.93. The zero-order valence-corrected chi connectivity index (χ0v) is 16.1. The lowest BCUT2D eigenvalue weighted by molar-refractivity contribution is -0.131. The van der Waals surface area contributed by atoms with Gasteiger partial charge in [0.05, 0.1) is 6.61 Å². The molecular formula is C21H26N4O3. The molecule has 1 fully saturated rings. The Labute approximate surface area is 165 Å². The van der Waals surface area contributed by atoms with Crippen LogP contribution in [-0.2, 0) is 16.1 Å². The van der Waals surface area contributed by atoms with Crippen LogP contribution in [0, 0.1) is 0 Å². The first-order valence-electron chi connectivity index (χ1n) is 9.47. The van der Waals surface area contributed by atoms with Crippen molar-refractivity contribution in [3.8, 4) is 0 Å². The molecule has 1 aliphatic rings. The van der Waals surface area contributed by atoms with Gasteiger partial charge in [0.25, 0.3) is 5.91 Å². The normalized spacial score (nSPS) is 14.0. The first-order chi connectivity index (χ1) is 13.7. The molecule has 7 heteroatoms. The number of ether oxygens (including phenoxy) is 1. The lowest BCUT2D eigenvalue weighted by Crippen LogP contribution is -2.49. The van der Waals surface area contributed by atoms with Crippen LogP contribution in [0.3, 0.4) is 0 Å². The minimum absolute atomic E-state index is 0.0661. The number of hydrogen-bond donors (Lipinski definition) is 1. The van der Waals surface area contributed by atoms with E-state index in [9.17, 15) is 9.59 Å². The Morgan fingerprint density at radius 2 is 1.82 bits per heavy atom. The van der Waals surface area contributed by atoms with Crippen molar-refractivity contribution < 1.29 is 14.3 Å². The highest BCUT2D eigenvalue weighted by molar-refractivity contribution is 5.94. The summed E-state index contributed by atoms with van der Waals surface area (Å²) in [4.78, 5) is 33.0. The monoisotopic (exact) mass is 382 g/mol. The van der Waals surface area contributed by atoms with Crippen molar-refractivity contribution in [2.24, 2.45) is 0 Å². The van der Waals surface area contributed by atoms with Crippen molar-refractivity contribution in [1.82, 2.24) is 15.2 Å². The van der Waals surface area contributed by atoms with Crippen LogP contribution in [0.15, 0.2) is 48.7 Å². The van der Waals surface area contributed by atoms with Crippen LogP contribution < -0.4 is 10.2 Å². The number of nitrogens with one attached hydrogen (secondary N) is 1. The van der Waals surface area contributed by atoms with Gasteiger partial charge in [0.1, 0.15) is 5.82 Å². The SMILES string of the molecule is COCc1ccc(C(=O)NCCC(=O)N2CCN(c3ccccn3)CC2)cc1. The Kier molecular flexibility index (Phi) is 6.97. The fourth-order valence-corrected chi connectivity index (χ4v) is 3.19. The van der Waals surface area contributed by atoms with Crippen molar-refractivity contribution in [3.05, 3.63) is 59.8 Å². The molecule has 1 N–H and O–H groups in total. The maximum absolute atomic E-state index is 12.4. The van der Waals surface area contributed by atoms with Gasteiger partial charge >= 0.3 is 0 Å². The molecule has 2 amide bonds. The maximum atomic E-state index is 12.4. The second kappa shape index (κ2) is 9.85. The topological polar surface area (TPSA) is 74.8 Å². The first kappa shape index (κ1) is 19.8. The number of piperazine rings is 1. The molecule has 1 aliphatic heterocycles. The quantitative estimate of drug-likeness (QED) is 0.789. The number of pyridine rings is 1. The minimum Gasteiger partial charge on any atom is -0.380 e. The van der Waals surface area contributed by atoms with Crippen molar-refractivity contribution in [1.29, 1.82) is 0 Å². The third-order valence-corrected chi connectivity index (χ3v) is 4.76. The van der Waals surface area contributed by atoms with E-state index in [0.29, 0.717) is 38.2 Å². The molecule has 148 valence electrons. The number of nitrogens with zero attached hydrogens (tertiary/aromatic N) is 3. The standard InChI is InChI=1S/C21H26N4O3/c1-28-16-17-5-7-18(8-6-17)21(27)23-11-9-20(26)25-14-12-24(13-15-25)19-4-2-3-10-22-19/h2-8,10H,9,11-16H2,1H3,(H,23,27). The molecule has 0 radical (unpaired) electrons. The number of methoxy groups -OCH3 is 1. The highest BCUT2D eigenvalue weighted by atomic mass is 16.5. The van der Waals surface area contributed by atoms with Crippen molar-refractivity contribution in [2.45, 2.75) is 13.0 Å². The first-order valence-corrected chi connectivity index (χ1v) is 9.47. The lowest BCUT2D eigenvalue weighted by atomic mass is 10.1. The number of aromatic nitrogens is 1. The zero-order chi connectivity index (χ0) is 19.8. The summed E-state index contributed by atoms with van der Waals surface area (Å²) in [6.45, 7) is 3.72. The van der Waals surface area contributed by atoms with Gasteiger partial charge in [-0.3, -0.25) is 9.59 Å². The van der Waals surface area contributed by atoms with Gasteiger partial charge in [0.15, 0.2) is 0 Å². The largest absolute Gasteiger partial charge is 0.380 e. The third-order valence-electron chi connectivity index (χ3n) is 4.76. The van der Waals surface area contributed by atoms with Crippen LogP contribution in [0.4, 0.5) is 5.82 Å². The predicted molar refractivity (Wildman–Crippen MR) is 107 cm³/mol. The van der Waals surface area contributed by atoms with Gasteiger partial charge in [-0.05, 0) is 29.8 Å². The van der Waals surface area contributed by atoms with Crippen molar-refractivity contribution in [3.63, 3.8) is 0 Å². The maximum Gasteiger partial charge on any atom is 0.251 e. The third kappa shape index (κ3) is 5.29. The lowest BCUT2D eigenvalue weighted by Gasteiger charge is -2.35. The molecule has 0 unspecified atom stereocenters. The molecule has 1 saturated heterocycles. The summed E-state index contributed by atoms with van der Waals surface area (Å²) in [6, 6.07) is 13.1. The van der Waals surface area contributed by atoms with E-state index in [1.165, 1.54) is 0 Å². The molecule has 28 heavy (non-hydrogen) atoms. The van der Waals surface area contributed by atoms with Crippen LogP contribution in [0.1, 0.15) is 22.3 Å². The number of benzene rings is 1. The molecule has 7 nitrogen and oxygen atoms in total. The number of rotatable bonds is 7. The number of anilines is 1. The van der Waals surface area contributed by atoms with Gasteiger partial charge in [0.2, 0.25) is 5.91 Å². The highest BCUT2D eigenvalue weighted by Gasteiger charge is 2.21. The van der Waals surface area contributed by atoms with Gasteiger partial charge in [0, 0.05) is 58.0 Å². The predicted octanol–water partition coefficient (Wildman–Crippen LogP) is 1.70. The average molecular weight is 382 g/mol. The molecule has 0 atom stereocenters. The minimum atomic E-state index is -0.170. The average Bonchev–Trinajstić information content (AvgIpc) is 2.75. The number of amides is 2. The van der Waals surface area contributed by atoms with Crippen molar-refractivity contribution in [2.75, 3.05) is 44.7 Å². The van der Waals surface area contributed by atoms with Crippen LogP contribution in [-0.4, -0.2) is 61.5 Å². The molecule has 0 aliphatic carbocycles. The smallest absolute Gasteiger partial charge is 0.251 e. The molecule has 0 saturated carbocycles. The Morgan fingerprint density at radius 1 is 1.07 bits per heavy atom. The van der Waals surface area contributed by atoms with Crippen LogP contribution in [0.2, 0.25) is 0 Å². The molecule has 1 aromatic heterocycles. The molecule has 3 rings (SSSR count). The van der Waals surface area contributed by atoms with E-state index in [-0.39, 0.29) is 11.8 Å². The summed E-state index contributed by atoms with van der Waals surface area (Å²) in [5.74, 6) is 0.839. The Bertz CT molecular complexity index is 772.